The van der Waals surface area contributed by atoms with Crippen molar-refractivity contribution < 1.29 is 9.84 Å². The molecule has 0 aliphatic heterocycles. The smallest absolute Gasteiger partial charge is 0.122 e. The lowest BCUT2D eigenvalue weighted by Crippen LogP contribution is -1.99. The monoisotopic (exact) mass is 220 g/mol. The SMILES string of the molecule is OCCCOc1cc(Cl)cc(Cl)c1. The molecule has 0 atom stereocenters. The van der Waals surface area contributed by atoms with Gasteiger partial charge in [0.05, 0.1) is 6.61 Å². The number of rotatable bonds is 4. The maximum Gasteiger partial charge on any atom is 0.122 e. The summed E-state index contributed by atoms with van der Waals surface area (Å²) in [6, 6.07) is 5.01. The lowest BCUT2D eigenvalue weighted by molar-refractivity contribution is 0.233. The molecule has 1 aromatic carbocycles. The molecule has 0 fully saturated rings. The van der Waals surface area contributed by atoms with Crippen LogP contribution in [0, 0.1) is 0 Å². The standard InChI is InChI=1S/C9H10Cl2O2/c10-7-4-8(11)6-9(5-7)13-3-1-2-12/h4-6,12H,1-3H2. The van der Waals surface area contributed by atoms with E-state index >= 15 is 0 Å². The van der Waals surface area contributed by atoms with Gasteiger partial charge in [-0.2, -0.15) is 0 Å². The van der Waals surface area contributed by atoms with Crippen LogP contribution < -0.4 is 4.74 Å². The summed E-state index contributed by atoms with van der Waals surface area (Å²) in [5, 5.41) is 9.62. The quantitative estimate of drug-likeness (QED) is 0.792. The van der Waals surface area contributed by atoms with Gasteiger partial charge < -0.3 is 9.84 Å². The Morgan fingerprint density at radius 2 is 1.77 bits per heavy atom. The number of benzene rings is 1. The van der Waals surface area contributed by atoms with Crippen LogP contribution in [-0.2, 0) is 0 Å². The molecule has 4 heteroatoms. The summed E-state index contributed by atoms with van der Waals surface area (Å²) in [5.41, 5.74) is 0. The fourth-order valence-electron chi connectivity index (χ4n) is 0.866. The van der Waals surface area contributed by atoms with Crippen LogP contribution in [-0.4, -0.2) is 18.3 Å². The number of hydrogen-bond donors (Lipinski definition) is 1. The second kappa shape index (κ2) is 5.32. The van der Waals surface area contributed by atoms with E-state index in [4.69, 9.17) is 33.0 Å². The molecule has 0 spiro atoms. The van der Waals surface area contributed by atoms with Crippen molar-refractivity contribution in [1.82, 2.24) is 0 Å². The Labute approximate surface area is 87.0 Å². The van der Waals surface area contributed by atoms with E-state index in [9.17, 15) is 0 Å². The number of hydrogen-bond acceptors (Lipinski definition) is 2. The van der Waals surface area contributed by atoms with Crippen LogP contribution in [0.25, 0.3) is 0 Å². The molecule has 13 heavy (non-hydrogen) atoms. The molecular formula is C9H10Cl2O2. The van der Waals surface area contributed by atoms with Crippen molar-refractivity contribution in [3.8, 4) is 5.75 Å². The van der Waals surface area contributed by atoms with Gasteiger partial charge in [0.25, 0.3) is 0 Å². The zero-order valence-corrected chi connectivity index (χ0v) is 8.48. The predicted molar refractivity (Wildman–Crippen MR) is 53.7 cm³/mol. The van der Waals surface area contributed by atoms with Crippen molar-refractivity contribution in [2.24, 2.45) is 0 Å². The molecule has 0 saturated heterocycles. The van der Waals surface area contributed by atoms with Gasteiger partial charge in [-0.15, -0.1) is 0 Å². The highest BCUT2D eigenvalue weighted by atomic mass is 35.5. The molecule has 0 saturated carbocycles. The minimum Gasteiger partial charge on any atom is -0.493 e. The minimum atomic E-state index is 0.119. The summed E-state index contributed by atoms with van der Waals surface area (Å²) < 4.78 is 5.28. The van der Waals surface area contributed by atoms with Crippen LogP contribution in [0.2, 0.25) is 10.0 Å². The first-order valence-electron chi connectivity index (χ1n) is 3.92. The Bertz CT molecular complexity index is 256. The van der Waals surface area contributed by atoms with Gasteiger partial charge in [-0.3, -0.25) is 0 Å². The number of halogens is 2. The largest absolute Gasteiger partial charge is 0.493 e. The Morgan fingerprint density at radius 1 is 1.15 bits per heavy atom. The van der Waals surface area contributed by atoms with E-state index in [-0.39, 0.29) is 6.61 Å². The highest BCUT2D eigenvalue weighted by molar-refractivity contribution is 6.34. The van der Waals surface area contributed by atoms with Crippen molar-refractivity contribution in [1.29, 1.82) is 0 Å². The fraction of sp³-hybridized carbons (Fsp3) is 0.333. The first kappa shape index (κ1) is 10.6. The zero-order valence-electron chi connectivity index (χ0n) is 6.96. The topological polar surface area (TPSA) is 29.5 Å². The van der Waals surface area contributed by atoms with E-state index < -0.39 is 0 Å². The third kappa shape index (κ3) is 3.85. The van der Waals surface area contributed by atoms with Crippen molar-refractivity contribution >= 4 is 23.2 Å². The molecule has 0 radical (unpaired) electrons. The van der Waals surface area contributed by atoms with E-state index in [0.717, 1.165) is 0 Å². The Morgan fingerprint density at radius 3 is 2.31 bits per heavy atom. The summed E-state index contributed by atoms with van der Waals surface area (Å²) in [6.45, 7) is 0.585. The van der Waals surface area contributed by atoms with Gasteiger partial charge in [0.2, 0.25) is 0 Å². The van der Waals surface area contributed by atoms with E-state index in [2.05, 4.69) is 0 Å². The summed E-state index contributed by atoms with van der Waals surface area (Å²) in [5.74, 6) is 0.631. The maximum atomic E-state index is 8.52. The molecule has 0 unspecified atom stereocenters. The normalized spacial score (nSPS) is 10.1. The molecule has 0 bridgehead atoms. The van der Waals surface area contributed by atoms with Crippen molar-refractivity contribution in [2.75, 3.05) is 13.2 Å². The van der Waals surface area contributed by atoms with Gasteiger partial charge in [0, 0.05) is 23.1 Å². The van der Waals surface area contributed by atoms with Crippen molar-refractivity contribution in [3.05, 3.63) is 28.2 Å². The molecule has 0 amide bonds. The summed E-state index contributed by atoms with van der Waals surface area (Å²) in [7, 11) is 0. The second-order valence-electron chi connectivity index (χ2n) is 2.53. The molecule has 0 aromatic heterocycles. The van der Waals surface area contributed by atoms with Crippen LogP contribution >= 0.6 is 23.2 Å². The maximum absolute atomic E-state index is 8.52. The van der Waals surface area contributed by atoms with E-state index in [1.165, 1.54) is 0 Å². The first-order valence-corrected chi connectivity index (χ1v) is 4.67. The van der Waals surface area contributed by atoms with E-state index in [0.29, 0.717) is 28.8 Å². The number of ether oxygens (including phenoxy) is 1. The lowest BCUT2D eigenvalue weighted by atomic mass is 10.3. The lowest BCUT2D eigenvalue weighted by Gasteiger charge is -2.05. The average Bonchev–Trinajstić information content (AvgIpc) is 2.03. The molecule has 2 nitrogen and oxygen atoms in total. The second-order valence-corrected chi connectivity index (χ2v) is 3.40. The van der Waals surface area contributed by atoms with Gasteiger partial charge in [0.15, 0.2) is 0 Å². The van der Waals surface area contributed by atoms with Gasteiger partial charge in [0.1, 0.15) is 5.75 Å². The van der Waals surface area contributed by atoms with Gasteiger partial charge in [-0.05, 0) is 18.2 Å². The molecule has 1 rings (SSSR count). The Hall–Kier alpha value is -0.440. The van der Waals surface area contributed by atoms with Crippen molar-refractivity contribution in [2.45, 2.75) is 6.42 Å². The minimum absolute atomic E-state index is 0.119. The fourth-order valence-corrected chi connectivity index (χ4v) is 1.37. The Kier molecular flexibility index (Phi) is 4.36. The van der Waals surface area contributed by atoms with Crippen molar-refractivity contribution in [3.63, 3.8) is 0 Å². The zero-order chi connectivity index (χ0) is 9.68. The van der Waals surface area contributed by atoms with Gasteiger partial charge in [-0.1, -0.05) is 23.2 Å². The molecule has 0 aliphatic carbocycles. The van der Waals surface area contributed by atoms with Gasteiger partial charge in [-0.25, -0.2) is 0 Å². The molecular weight excluding hydrogens is 211 g/mol. The summed E-state index contributed by atoms with van der Waals surface area (Å²) in [6.07, 6.45) is 0.601. The third-order valence-electron chi connectivity index (χ3n) is 1.41. The molecule has 1 aromatic rings. The number of aliphatic hydroxyl groups is 1. The molecule has 0 heterocycles. The van der Waals surface area contributed by atoms with Crippen LogP contribution in [0.15, 0.2) is 18.2 Å². The number of aliphatic hydroxyl groups excluding tert-OH is 1. The van der Waals surface area contributed by atoms with Crippen LogP contribution in [0.1, 0.15) is 6.42 Å². The van der Waals surface area contributed by atoms with E-state index in [1.807, 2.05) is 0 Å². The van der Waals surface area contributed by atoms with Gasteiger partial charge >= 0.3 is 0 Å². The van der Waals surface area contributed by atoms with Crippen LogP contribution in [0.4, 0.5) is 0 Å². The third-order valence-corrected chi connectivity index (χ3v) is 1.84. The van der Waals surface area contributed by atoms with Crippen LogP contribution in [0.3, 0.4) is 0 Å². The van der Waals surface area contributed by atoms with Crippen LogP contribution in [0.5, 0.6) is 5.75 Å². The molecule has 72 valence electrons. The Balaban J connectivity index is 2.56. The predicted octanol–water partition coefficient (Wildman–Crippen LogP) is 2.75. The highest BCUT2D eigenvalue weighted by Gasteiger charge is 1.98. The summed E-state index contributed by atoms with van der Waals surface area (Å²) in [4.78, 5) is 0. The molecule has 0 aliphatic rings. The first-order chi connectivity index (χ1) is 6.22. The average molecular weight is 221 g/mol. The highest BCUT2D eigenvalue weighted by Crippen LogP contribution is 2.24. The molecule has 1 N–H and O–H groups in total. The van der Waals surface area contributed by atoms with E-state index in [1.54, 1.807) is 18.2 Å². The summed E-state index contributed by atoms with van der Waals surface area (Å²) >= 11 is 11.5.